The Hall–Kier alpha value is -2.82. The van der Waals surface area contributed by atoms with Crippen molar-refractivity contribution in [2.75, 3.05) is 6.61 Å². The van der Waals surface area contributed by atoms with Gasteiger partial charge in [-0.1, -0.05) is 23.9 Å². The Morgan fingerprint density at radius 2 is 1.93 bits per heavy atom. The van der Waals surface area contributed by atoms with Crippen molar-refractivity contribution in [1.29, 1.82) is 0 Å². The van der Waals surface area contributed by atoms with E-state index in [4.69, 9.17) is 9.63 Å². The van der Waals surface area contributed by atoms with Gasteiger partial charge in [-0.3, -0.25) is 0 Å². The molecule has 11 heteroatoms. The maximum Gasteiger partial charge on any atom is 0.446 e. The minimum Gasteiger partial charge on any atom is -0.479 e. The van der Waals surface area contributed by atoms with Gasteiger partial charge in [0.15, 0.2) is 12.4 Å². The second kappa shape index (κ2) is 7.90. The van der Waals surface area contributed by atoms with Crippen LogP contribution in [0.4, 0.5) is 13.2 Å². The number of carboxylic acids is 1. The molecule has 1 fully saturated rings. The fraction of sp³-hybridized carbons (Fsp3) is 0.333. The Bertz CT molecular complexity index is 936. The van der Waals surface area contributed by atoms with Crippen molar-refractivity contribution in [3.05, 3.63) is 53.7 Å². The zero-order valence-electron chi connectivity index (χ0n) is 14.9. The predicted octanol–water partition coefficient (Wildman–Crippen LogP) is 3.49. The first-order valence-corrected chi connectivity index (χ1v) is 9.17. The molecule has 1 saturated carbocycles. The number of halogens is 3. The van der Waals surface area contributed by atoms with Gasteiger partial charge in [-0.25, -0.2) is 9.59 Å². The molecule has 0 bridgehead atoms. The van der Waals surface area contributed by atoms with E-state index in [1.165, 1.54) is 12.1 Å². The van der Waals surface area contributed by atoms with Crippen LogP contribution in [0.1, 0.15) is 30.1 Å². The molecular weight excluding hydrogens is 413 g/mol. The lowest BCUT2D eigenvalue weighted by Gasteiger charge is -2.12. The fourth-order valence-corrected chi connectivity index (χ4v) is 3.29. The number of rotatable bonds is 8. The number of hydrogen-bond donors (Lipinski definition) is 1. The first-order chi connectivity index (χ1) is 13.6. The number of carboxylic acid groups (broad SMARTS) is 1. The Kier molecular flexibility index (Phi) is 5.69. The molecule has 0 radical (unpaired) electrons. The lowest BCUT2D eigenvalue weighted by Crippen LogP contribution is -2.15. The average molecular weight is 428 g/mol. The van der Waals surface area contributed by atoms with Gasteiger partial charge >= 0.3 is 17.4 Å². The van der Waals surface area contributed by atoms with E-state index in [1.807, 2.05) is 0 Å². The van der Waals surface area contributed by atoms with Gasteiger partial charge in [0, 0.05) is 10.5 Å². The fourth-order valence-electron chi connectivity index (χ4n) is 2.75. The molecule has 0 amide bonds. The molecule has 0 saturated heterocycles. The first-order valence-electron chi connectivity index (χ1n) is 8.35. The van der Waals surface area contributed by atoms with Crippen molar-refractivity contribution < 1.29 is 37.1 Å². The van der Waals surface area contributed by atoms with Crippen molar-refractivity contribution in [2.45, 2.75) is 35.1 Å². The number of ether oxygens (including phenoxy) is 1. The summed E-state index contributed by atoms with van der Waals surface area (Å²) in [5.41, 5.74) is -4.15. The summed E-state index contributed by atoms with van der Waals surface area (Å²) in [5.74, 6) is -1.70. The summed E-state index contributed by atoms with van der Waals surface area (Å²) in [5, 5.41) is 12.4. The number of aromatic nitrogens is 2. The summed E-state index contributed by atoms with van der Waals surface area (Å²) in [6.07, 6.45) is 1.31. The molecule has 1 heterocycles. The van der Waals surface area contributed by atoms with Gasteiger partial charge < -0.3 is 14.4 Å². The number of benzene rings is 1. The minimum absolute atomic E-state index is 0.0418. The predicted molar refractivity (Wildman–Crippen MR) is 94.1 cm³/mol. The topological polar surface area (TPSA) is 103 Å². The molecule has 1 N–H and O–H groups in total. The summed E-state index contributed by atoms with van der Waals surface area (Å²) in [6.45, 7) is 2.74. The normalized spacial score (nSPS) is 15.0. The average Bonchev–Trinajstić information content (AvgIpc) is 3.31. The monoisotopic (exact) mass is 428 g/mol. The highest BCUT2D eigenvalue weighted by atomic mass is 32.2. The zero-order chi connectivity index (χ0) is 21.2. The van der Waals surface area contributed by atoms with E-state index < -0.39 is 29.5 Å². The van der Waals surface area contributed by atoms with Gasteiger partial charge in [-0.2, -0.15) is 18.2 Å². The van der Waals surface area contributed by atoms with Gasteiger partial charge in [0.05, 0.1) is 11.8 Å². The largest absolute Gasteiger partial charge is 0.479 e. The summed E-state index contributed by atoms with van der Waals surface area (Å²) in [6, 6.07) is 6.02. The van der Waals surface area contributed by atoms with E-state index in [1.54, 1.807) is 12.1 Å². The Morgan fingerprint density at radius 3 is 2.48 bits per heavy atom. The van der Waals surface area contributed by atoms with Crippen LogP contribution >= 0.6 is 11.8 Å². The molecule has 1 aliphatic rings. The summed E-state index contributed by atoms with van der Waals surface area (Å²) in [4.78, 5) is 26.4. The standard InChI is InChI=1S/C18H15F3N2O5S/c1-10(15(26)27-9-14(24)25)8-13-22-16(23-28-13)17(6-7-17)11-2-4-12(5-3-11)29-18(19,20)21/h2-5H,1,6-9H2,(H,24,25). The molecule has 7 nitrogen and oxygen atoms in total. The van der Waals surface area contributed by atoms with Crippen LogP contribution in [0.25, 0.3) is 0 Å². The number of esters is 1. The van der Waals surface area contributed by atoms with Gasteiger partial charge in [0.2, 0.25) is 5.89 Å². The van der Waals surface area contributed by atoms with E-state index in [2.05, 4.69) is 21.5 Å². The van der Waals surface area contributed by atoms with Crippen molar-refractivity contribution in [3.63, 3.8) is 0 Å². The molecule has 1 aromatic carbocycles. The van der Waals surface area contributed by atoms with E-state index >= 15 is 0 Å². The summed E-state index contributed by atoms with van der Waals surface area (Å²) < 4.78 is 47.1. The molecule has 3 rings (SSSR count). The van der Waals surface area contributed by atoms with Crippen LogP contribution in [0.5, 0.6) is 0 Å². The molecular formula is C18H15F3N2O5S. The molecule has 1 aliphatic carbocycles. The number of thioether (sulfide) groups is 1. The molecule has 0 unspecified atom stereocenters. The smallest absolute Gasteiger partial charge is 0.446 e. The van der Waals surface area contributed by atoms with Gasteiger partial charge in [0.25, 0.3) is 0 Å². The second-order valence-electron chi connectivity index (χ2n) is 6.42. The number of alkyl halides is 3. The number of nitrogens with zero attached hydrogens (tertiary/aromatic N) is 2. The lowest BCUT2D eigenvalue weighted by atomic mass is 9.95. The van der Waals surface area contributed by atoms with Crippen LogP contribution in [-0.2, 0) is 26.2 Å². The summed E-state index contributed by atoms with van der Waals surface area (Å²) in [7, 11) is 0. The number of aliphatic carboxylic acids is 1. The van der Waals surface area contributed by atoms with Crippen molar-refractivity contribution in [2.24, 2.45) is 0 Å². The molecule has 154 valence electrons. The molecule has 1 aromatic heterocycles. The van der Waals surface area contributed by atoms with E-state index in [0.717, 1.165) is 5.56 Å². The highest BCUT2D eigenvalue weighted by Gasteiger charge is 2.50. The molecule has 0 aliphatic heterocycles. The molecule has 2 aromatic rings. The molecule has 0 spiro atoms. The number of carbonyl (C=O) groups is 2. The Labute approximate surface area is 166 Å². The minimum atomic E-state index is -4.35. The van der Waals surface area contributed by atoms with Gasteiger partial charge in [-0.15, -0.1) is 0 Å². The lowest BCUT2D eigenvalue weighted by molar-refractivity contribution is -0.152. The van der Waals surface area contributed by atoms with Crippen molar-refractivity contribution in [1.82, 2.24) is 10.1 Å². The SMILES string of the molecule is C=C(Cc1nc(C2(c3ccc(SC(F)(F)F)cc3)CC2)no1)C(=O)OCC(=O)O. The quantitative estimate of drug-likeness (QED) is 0.387. The first kappa shape index (κ1) is 20.9. The van der Waals surface area contributed by atoms with Crippen LogP contribution in [0.3, 0.4) is 0 Å². The van der Waals surface area contributed by atoms with Crippen molar-refractivity contribution in [3.8, 4) is 0 Å². The van der Waals surface area contributed by atoms with Crippen LogP contribution in [0.2, 0.25) is 0 Å². The van der Waals surface area contributed by atoms with Crippen LogP contribution in [0.15, 0.2) is 45.8 Å². The van der Waals surface area contributed by atoms with E-state index in [-0.39, 0.29) is 34.5 Å². The third-order valence-electron chi connectivity index (χ3n) is 4.27. The van der Waals surface area contributed by atoms with Crippen LogP contribution in [-0.4, -0.2) is 39.3 Å². The third-order valence-corrected chi connectivity index (χ3v) is 5.01. The highest BCUT2D eigenvalue weighted by molar-refractivity contribution is 8.00. The number of carbonyl (C=O) groups excluding carboxylic acids is 1. The van der Waals surface area contributed by atoms with E-state index in [9.17, 15) is 22.8 Å². The summed E-state index contributed by atoms with van der Waals surface area (Å²) >= 11 is -0.184. The zero-order valence-corrected chi connectivity index (χ0v) is 15.7. The van der Waals surface area contributed by atoms with Gasteiger partial charge in [-0.05, 0) is 42.3 Å². The van der Waals surface area contributed by atoms with E-state index in [0.29, 0.717) is 18.7 Å². The third kappa shape index (κ3) is 5.17. The van der Waals surface area contributed by atoms with Crippen molar-refractivity contribution >= 4 is 23.7 Å². The van der Waals surface area contributed by atoms with Crippen LogP contribution < -0.4 is 0 Å². The maximum atomic E-state index is 12.5. The Morgan fingerprint density at radius 1 is 1.28 bits per heavy atom. The van der Waals surface area contributed by atoms with Gasteiger partial charge in [0.1, 0.15) is 0 Å². The number of hydrogen-bond acceptors (Lipinski definition) is 7. The molecule has 0 atom stereocenters. The maximum absolute atomic E-state index is 12.5. The van der Waals surface area contributed by atoms with Crippen LogP contribution in [0, 0.1) is 0 Å². The Balaban J connectivity index is 1.67. The highest BCUT2D eigenvalue weighted by Crippen LogP contribution is 2.52. The molecule has 29 heavy (non-hydrogen) atoms. The second-order valence-corrected chi connectivity index (χ2v) is 7.55.